The van der Waals surface area contributed by atoms with Crippen molar-refractivity contribution in [2.24, 2.45) is 5.92 Å². The zero-order valence-corrected chi connectivity index (χ0v) is 16.3. The van der Waals surface area contributed by atoms with Crippen molar-refractivity contribution in [2.75, 3.05) is 13.2 Å². The SMILES string of the molecule is CCC(C)C(=O)OCCNC(=O)NCc1cccc2cc3ccccc3cc12. The Balaban J connectivity index is 1.55. The molecule has 1 atom stereocenters. The smallest absolute Gasteiger partial charge is 0.315 e. The molecule has 28 heavy (non-hydrogen) atoms. The Hall–Kier alpha value is -3.08. The maximum atomic E-state index is 12.0. The number of carbonyl (C=O) groups excluding carboxylic acids is 2. The third kappa shape index (κ3) is 4.80. The van der Waals surface area contributed by atoms with Crippen LogP contribution in [0.15, 0.2) is 54.6 Å². The van der Waals surface area contributed by atoms with Crippen LogP contribution in [0.1, 0.15) is 25.8 Å². The van der Waals surface area contributed by atoms with Crippen LogP contribution in [0.5, 0.6) is 0 Å². The van der Waals surface area contributed by atoms with E-state index in [0.717, 1.165) is 22.8 Å². The first-order valence-corrected chi connectivity index (χ1v) is 9.67. The Kier molecular flexibility index (Phi) is 6.48. The highest BCUT2D eigenvalue weighted by Gasteiger charge is 2.11. The molecule has 0 fully saturated rings. The number of amides is 2. The molecule has 5 heteroatoms. The monoisotopic (exact) mass is 378 g/mol. The van der Waals surface area contributed by atoms with E-state index in [2.05, 4.69) is 41.0 Å². The number of nitrogens with one attached hydrogen (secondary N) is 2. The molecule has 3 aromatic rings. The molecule has 0 aliphatic heterocycles. The predicted octanol–water partition coefficient (Wildman–Crippen LogP) is 4.38. The van der Waals surface area contributed by atoms with E-state index in [4.69, 9.17) is 4.74 Å². The van der Waals surface area contributed by atoms with Crippen molar-refractivity contribution in [1.29, 1.82) is 0 Å². The van der Waals surface area contributed by atoms with Gasteiger partial charge in [0.05, 0.1) is 12.5 Å². The number of hydrogen-bond acceptors (Lipinski definition) is 3. The van der Waals surface area contributed by atoms with Gasteiger partial charge in [-0.15, -0.1) is 0 Å². The minimum atomic E-state index is -0.280. The van der Waals surface area contributed by atoms with Gasteiger partial charge in [0, 0.05) is 6.54 Å². The van der Waals surface area contributed by atoms with Gasteiger partial charge in [-0.2, -0.15) is 0 Å². The number of urea groups is 1. The molecule has 2 N–H and O–H groups in total. The molecule has 0 aliphatic rings. The van der Waals surface area contributed by atoms with Gasteiger partial charge in [-0.05, 0) is 45.7 Å². The molecule has 0 aromatic heterocycles. The number of benzene rings is 3. The maximum absolute atomic E-state index is 12.0. The van der Waals surface area contributed by atoms with E-state index in [1.165, 1.54) is 10.8 Å². The van der Waals surface area contributed by atoms with E-state index in [1.807, 2.05) is 38.1 Å². The van der Waals surface area contributed by atoms with Gasteiger partial charge < -0.3 is 15.4 Å². The van der Waals surface area contributed by atoms with E-state index in [0.29, 0.717) is 6.54 Å². The number of fused-ring (bicyclic) bond motifs is 2. The molecule has 0 radical (unpaired) electrons. The van der Waals surface area contributed by atoms with E-state index >= 15 is 0 Å². The summed E-state index contributed by atoms with van der Waals surface area (Å²) in [6.45, 7) is 4.66. The topological polar surface area (TPSA) is 67.4 Å². The minimum Gasteiger partial charge on any atom is -0.464 e. The second-order valence-electron chi connectivity index (χ2n) is 6.92. The number of ether oxygens (including phenoxy) is 1. The molecule has 0 aliphatic carbocycles. The van der Waals surface area contributed by atoms with Crippen molar-refractivity contribution in [1.82, 2.24) is 10.6 Å². The average molecular weight is 378 g/mol. The lowest BCUT2D eigenvalue weighted by Crippen LogP contribution is -2.37. The summed E-state index contributed by atoms with van der Waals surface area (Å²) in [6, 6.07) is 18.4. The predicted molar refractivity (Wildman–Crippen MR) is 112 cm³/mol. The molecule has 2 amide bonds. The summed E-state index contributed by atoms with van der Waals surface area (Å²) in [5.74, 6) is -0.344. The molecule has 146 valence electrons. The summed E-state index contributed by atoms with van der Waals surface area (Å²) < 4.78 is 5.12. The lowest BCUT2D eigenvalue weighted by Gasteiger charge is -2.12. The highest BCUT2D eigenvalue weighted by atomic mass is 16.5. The van der Waals surface area contributed by atoms with Crippen LogP contribution in [-0.4, -0.2) is 25.2 Å². The summed E-state index contributed by atoms with van der Waals surface area (Å²) in [6.07, 6.45) is 0.743. The summed E-state index contributed by atoms with van der Waals surface area (Å²) in [4.78, 5) is 23.6. The number of rotatable bonds is 7. The molecular weight excluding hydrogens is 352 g/mol. The van der Waals surface area contributed by atoms with Crippen molar-refractivity contribution in [3.05, 3.63) is 60.2 Å². The molecule has 1 unspecified atom stereocenters. The van der Waals surface area contributed by atoms with Crippen LogP contribution in [0, 0.1) is 5.92 Å². The lowest BCUT2D eigenvalue weighted by molar-refractivity contribution is -0.147. The fourth-order valence-electron chi connectivity index (χ4n) is 3.05. The van der Waals surface area contributed by atoms with Gasteiger partial charge in [0.1, 0.15) is 6.61 Å². The first kappa shape index (κ1) is 19.7. The quantitative estimate of drug-likeness (QED) is 0.364. The first-order valence-electron chi connectivity index (χ1n) is 9.67. The summed E-state index contributed by atoms with van der Waals surface area (Å²) in [5.41, 5.74) is 1.06. The fraction of sp³-hybridized carbons (Fsp3) is 0.304. The Morgan fingerprint density at radius 1 is 0.964 bits per heavy atom. The first-order chi connectivity index (χ1) is 13.6. The molecule has 3 aromatic carbocycles. The largest absolute Gasteiger partial charge is 0.464 e. The zero-order valence-electron chi connectivity index (χ0n) is 16.3. The van der Waals surface area contributed by atoms with Gasteiger partial charge in [0.15, 0.2) is 0 Å². The van der Waals surface area contributed by atoms with Gasteiger partial charge in [-0.3, -0.25) is 4.79 Å². The van der Waals surface area contributed by atoms with Gasteiger partial charge in [-0.1, -0.05) is 56.3 Å². The minimum absolute atomic E-state index is 0.115. The van der Waals surface area contributed by atoms with Crippen LogP contribution in [0.4, 0.5) is 4.79 Å². The summed E-state index contributed by atoms with van der Waals surface area (Å²) in [7, 11) is 0. The van der Waals surface area contributed by atoms with Crippen molar-refractivity contribution in [3.8, 4) is 0 Å². The van der Waals surface area contributed by atoms with Crippen molar-refractivity contribution in [2.45, 2.75) is 26.8 Å². The van der Waals surface area contributed by atoms with Crippen LogP contribution >= 0.6 is 0 Å². The Morgan fingerprint density at radius 2 is 1.68 bits per heavy atom. The lowest BCUT2D eigenvalue weighted by atomic mass is 10.00. The molecular formula is C23H26N2O3. The standard InChI is InChI=1S/C23H26N2O3/c1-3-16(2)22(26)28-12-11-24-23(27)25-15-20-10-6-9-19-13-17-7-4-5-8-18(17)14-21(19)20/h4-10,13-14,16H,3,11-12,15H2,1-2H3,(H2,24,25,27). The van der Waals surface area contributed by atoms with Gasteiger partial charge >= 0.3 is 12.0 Å². The maximum Gasteiger partial charge on any atom is 0.315 e. The van der Waals surface area contributed by atoms with Crippen molar-refractivity contribution in [3.63, 3.8) is 0 Å². The van der Waals surface area contributed by atoms with Gasteiger partial charge in [-0.25, -0.2) is 4.79 Å². The normalized spacial score (nSPS) is 11.9. The zero-order chi connectivity index (χ0) is 19.9. The van der Waals surface area contributed by atoms with Crippen LogP contribution in [-0.2, 0) is 16.1 Å². The van der Waals surface area contributed by atoms with Gasteiger partial charge in [0.25, 0.3) is 0 Å². The van der Waals surface area contributed by atoms with E-state index in [1.54, 1.807) is 0 Å². The fourth-order valence-corrected chi connectivity index (χ4v) is 3.05. The van der Waals surface area contributed by atoms with E-state index < -0.39 is 0 Å². The Labute approximate surface area is 165 Å². The van der Waals surface area contributed by atoms with E-state index in [9.17, 15) is 9.59 Å². The average Bonchev–Trinajstić information content (AvgIpc) is 2.72. The highest BCUT2D eigenvalue weighted by molar-refractivity contribution is 5.99. The molecule has 0 heterocycles. The summed E-state index contributed by atoms with van der Waals surface area (Å²) >= 11 is 0. The van der Waals surface area contributed by atoms with Crippen molar-refractivity contribution >= 4 is 33.5 Å². The Bertz CT molecular complexity index is 984. The van der Waals surface area contributed by atoms with Crippen LogP contribution in [0.25, 0.3) is 21.5 Å². The molecule has 3 rings (SSSR count). The molecule has 5 nitrogen and oxygen atoms in total. The number of esters is 1. The van der Waals surface area contributed by atoms with Crippen LogP contribution in [0.2, 0.25) is 0 Å². The van der Waals surface area contributed by atoms with Crippen molar-refractivity contribution < 1.29 is 14.3 Å². The molecule has 0 saturated heterocycles. The van der Waals surface area contributed by atoms with Gasteiger partial charge in [0.2, 0.25) is 0 Å². The molecule has 0 bridgehead atoms. The number of carbonyl (C=O) groups is 2. The highest BCUT2D eigenvalue weighted by Crippen LogP contribution is 2.25. The van der Waals surface area contributed by atoms with Crippen LogP contribution < -0.4 is 10.6 Å². The van der Waals surface area contributed by atoms with E-state index in [-0.39, 0.29) is 31.1 Å². The molecule has 0 spiro atoms. The van der Waals surface area contributed by atoms with Crippen LogP contribution in [0.3, 0.4) is 0 Å². The third-order valence-corrected chi connectivity index (χ3v) is 4.92. The third-order valence-electron chi connectivity index (χ3n) is 4.92. The summed E-state index contributed by atoms with van der Waals surface area (Å²) in [5, 5.41) is 10.2. The Morgan fingerprint density at radius 3 is 2.43 bits per heavy atom. The second kappa shape index (κ2) is 9.22. The number of hydrogen-bond donors (Lipinski definition) is 2. The molecule has 0 saturated carbocycles. The second-order valence-corrected chi connectivity index (χ2v) is 6.92.